The van der Waals surface area contributed by atoms with E-state index >= 15 is 0 Å². The molecule has 2 aliphatic rings. The van der Waals surface area contributed by atoms with Gasteiger partial charge in [-0.2, -0.15) is 0 Å². The maximum absolute atomic E-state index is 14.3. The van der Waals surface area contributed by atoms with Gasteiger partial charge < -0.3 is 19.3 Å². The van der Waals surface area contributed by atoms with Crippen LogP contribution in [0.2, 0.25) is 0 Å². The molecule has 0 fully saturated rings. The summed E-state index contributed by atoms with van der Waals surface area (Å²) in [5.41, 5.74) is 6.72. The Morgan fingerprint density at radius 3 is 1.04 bits per heavy atom. The van der Waals surface area contributed by atoms with Crippen molar-refractivity contribution in [3.63, 3.8) is 0 Å². The molecular weight excluding hydrogens is 620 g/mol. The van der Waals surface area contributed by atoms with Crippen LogP contribution in [0.4, 0.5) is 34.1 Å². The van der Waals surface area contributed by atoms with Crippen LogP contribution in [-0.2, 0) is 0 Å². The van der Waals surface area contributed by atoms with Crippen LogP contribution in [0.1, 0.15) is 31.8 Å². The maximum atomic E-state index is 14.3. The molecule has 0 saturated heterocycles. The number of fused-ring (bicyclic) bond motifs is 4. The molecule has 0 saturated carbocycles. The summed E-state index contributed by atoms with van der Waals surface area (Å²) in [4.78, 5) is 32.8. The summed E-state index contributed by atoms with van der Waals surface area (Å²) in [6, 6.07) is 53.4. The lowest BCUT2D eigenvalue weighted by molar-refractivity contribution is 0.100. The number of para-hydroxylation sites is 8. The Hall–Kier alpha value is -6.92. The zero-order chi connectivity index (χ0) is 33.6. The normalized spacial score (nSPS) is 12.4. The first kappa shape index (κ1) is 29.2. The summed E-state index contributed by atoms with van der Waals surface area (Å²) < 4.78 is 12.4. The number of rotatable bonds is 6. The molecule has 0 aromatic heterocycles. The van der Waals surface area contributed by atoms with E-state index in [1.54, 1.807) is 36.4 Å². The van der Waals surface area contributed by atoms with Gasteiger partial charge in [-0.05, 0) is 72.8 Å². The fourth-order valence-electron chi connectivity index (χ4n) is 6.73. The lowest BCUT2D eigenvalue weighted by Crippen LogP contribution is -2.17. The van der Waals surface area contributed by atoms with E-state index in [-0.39, 0.29) is 11.6 Å². The molecule has 0 spiro atoms. The van der Waals surface area contributed by atoms with Crippen molar-refractivity contribution in [1.29, 1.82) is 0 Å². The molecule has 0 bridgehead atoms. The zero-order valence-corrected chi connectivity index (χ0v) is 26.7. The van der Waals surface area contributed by atoms with Crippen molar-refractivity contribution in [1.82, 2.24) is 0 Å². The van der Waals surface area contributed by atoms with Crippen molar-refractivity contribution in [2.75, 3.05) is 9.80 Å². The first-order chi connectivity index (χ1) is 24.6. The molecule has 0 radical (unpaired) electrons. The Balaban J connectivity index is 1.08. The highest BCUT2D eigenvalue weighted by molar-refractivity contribution is 6.20. The quantitative estimate of drug-likeness (QED) is 0.167. The summed E-state index contributed by atoms with van der Waals surface area (Å²) in [5, 5.41) is 0. The van der Waals surface area contributed by atoms with Gasteiger partial charge in [-0.25, -0.2) is 0 Å². The van der Waals surface area contributed by atoms with Crippen LogP contribution < -0.4 is 19.3 Å². The van der Waals surface area contributed by atoms with Crippen molar-refractivity contribution < 1.29 is 19.1 Å². The number of ketones is 2. The number of hydrogen-bond donors (Lipinski definition) is 0. The Kier molecular flexibility index (Phi) is 6.99. The zero-order valence-electron chi connectivity index (χ0n) is 26.7. The third-order valence-electron chi connectivity index (χ3n) is 9.01. The Labute approximate surface area is 289 Å². The molecule has 0 amide bonds. The van der Waals surface area contributed by atoms with Crippen molar-refractivity contribution in [2.24, 2.45) is 0 Å². The van der Waals surface area contributed by atoms with E-state index in [1.165, 1.54) is 0 Å². The molecule has 2 heterocycles. The molecule has 7 aromatic rings. The number of anilines is 6. The molecule has 0 aliphatic carbocycles. The average Bonchev–Trinajstić information content (AvgIpc) is 3.18. The van der Waals surface area contributed by atoms with Gasteiger partial charge in [-0.1, -0.05) is 97.1 Å². The lowest BCUT2D eigenvalue weighted by Gasteiger charge is -2.33. The molecule has 0 N–H and O–H groups in total. The molecular formula is C44H28N2O4. The van der Waals surface area contributed by atoms with Gasteiger partial charge in [-0.3, -0.25) is 9.59 Å². The Bertz CT molecular complexity index is 2210. The van der Waals surface area contributed by atoms with Crippen LogP contribution in [0.25, 0.3) is 0 Å². The molecule has 7 aromatic carbocycles. The minimum Gasteiger partial charge on any atom is -0.453 e. The SMILES string of the molecule is O=C(c1cccc(N2c3ccccc3Oc3ccccc32)c1)c1ccccc1C(=O)c1cccc(N2c3ccccc3Oc3ccccc32)c1. The highest BCUT2D eigenvalue weighted by atomic mass is 16.5. The van der Waals surface area contributed by atoms with Crippen LogP contribution in [0.3, 0.4) is 0 Å². The minimum atomic E-state index is -0.238. The number of benzene rings is 7. The van der Waals surface area contributed by atoms with Crippen LogP contribution >= 0.6 is 0 Å². The summed E-state index contributed by atoms with van der Waals surface area (Å²) in [6.07, 6.45) is 0. The lowest BCUT2D eigenvalue weighted by atomic mass is 9.93. The van der Waals surface area contributed by atoms with Gasteiger partial charge in [0.25, 0.3) is 0 Å². The highest BCUT2D eigenvalue weighted by Crippen LogP contribution is 2.51. The summed E-state index contributed by atoms with van der Waals surface area (Å²) >= 11 is 0. The second-order valence-corrected chi connectivity index (χ2v) is 12.1. The summed E-state index contributed by atoms with van der Waals surface area (Å²) in [5.74, 6) is 2.43. The molecule has 9 rings (SSSR count). The third-order valence-corrected chi connectivity index (χ3v) is 9.01. The van der Waals surface area contributed by atoms with Gasteiger partial charge in [0.15, 0.2) is 34.6 Å². The fraction of sp³-hybridized carbons (Fsp3) is 0. The largest absolute Gasteiger partial charge is 0.453 e. The molecule has 238 valence electrons. The number of carbonyl (C=O) groups is 2. The monoisotopic (exact) mass is 648 g/mol. The second-order valence-electron chi connectivity index (χ2n) is 12.1. The van der Waals surface area contributed by atoms with Gasteiger partial charge in [0, 0.05) is 33.6 Å². The Morgan fingerprint density at radius 1 is 0.360 bits per heavy atom. The van der Waals surface area contributed by atoms with E-state index in [0.29, 0.717) is 22.3 Å². The second kappa shape index (κ2) is 12.0. The van der Waals surface area contributed by atoms with E-state index < -0.39 is 0 Å². The predicted molar refractivity (Wildman–Crippen MR) is 196 cm³/mol. The molecule has 50 heavy (non-hydrogen) atoms. The van der Waals surface area contributed by atoms with Crippen LogP contribution in [0, 0.1) is 0 Å². The van der Waals surface area contributed by atoms with Crippen LogP contribution in [-0.4, -0.2) is 11.6 Å². The fourth-order valence-corrected chi connectivity index (χ4v) is 6.73. The van der Waals surface area contributed by atoms with Crippen molar-refractivity contribution in [3.8, 4) is 23.0 Å². The number of nitrogens with zero attached hydrogens (tertiary/aromatic N) is 2. The van der Waals surface area contributed by atoms with E-state index in [2.05, 4.69) is 9.80 Å². The third kappa shape index (κ3) is 4.90. The van der Waals surface area contributed by atoms with Gasteiger partial charge in [-0.15, -0.1) is 0 Å². The van der Waals surface area contributed by atoms with Crippen molar-refractivity contribution >= 4 is 45.7 Å². The van der Waals surface area contributed by atoms with Gasteiger partial charge in [0.1, 0.15) is 0 Å². The van der Waals surface area contributed by atoms with Gasteiger partial charge in [0.05, 0.1) is 22.7 Å². The first-order valence-electron chi connectivity index (χ1n) is 16.3. The topological polar surface area (TPSA) is 59.1 Å². The number of carbonyl (C=O) groups excluding carboxylic acids is 2. The highest BCUT2D eigenvalue weighted by Gasteiger charge is 2.28. The summed E-state index contributed by atoms with van der Waals surface area (Å²) in [6.45, 7) is 0. The first-order valence-corrected chi connectivity index (χ1v) is 16.3. The maximum Gasteiger partial charge on any atom is 0.193 e. The number of ether oxygens (including phenoxy) is 2. The molecule has 6 heteroatoms. The van der Waals surface area contributed by atoms with E-state index in [1.807, 2.05) is 133 Å². The van der Waals surface area contributed by atoms with Crippen LogP contribution in [0.5, 0.6) is 23.0 Å². The van der Waals surface area contributed by atoms with E-state index in [9.17, 15) is 9.59 Å². The minimum absolute atomic E-state index is 0.238. The summed E-state index contributed by atoms with van der Waals surface area (Å²) in [7, 11) is 0. The van der Waals surface area contributed by atoms with Gasteiger partial charge >= 0.3 is 0 Å². The Morgan fingerprint density at radius 2 is 0.680 bits per heavy atom. The standard InChI is InChI=1S/C44H28N2O4/c47-43(29-13-11-15-31(27-29)45-35-19-3-7-23-39(35)49-40-24-8-4-20-36(40)45)33-17-1-2-18-34(33)44(48)30-14-12-16-32(28-30)46-37-21-5-9-25-41(37)50-42-26-10-6-22-38(42)46/h1-28H. The smallest absolute Gasteiger partial charge is 0.193 e. The predicted octanol–water partition coefficient (Wildman–Crippen LogP) is 11.3. The average molecular weight is 649 g/mol. The molecule has 6 nitrogen and oxygen atoms in total. The van der Waals surface area contributed by atoms with Crippen LogP contribution in [0.15, 0.2) is 170 Å². The van der Waals surface area contributed by atoms with E-state index in [4.69, 9.17) is 9.47 Å². The molecule has 2 aliphatic heterocycles. The molecule has 0 atom stereocenters. The van der Waals surface area contributed by atoms with Crippen molar-refractivity contribution in [2.45, 2.75) is 0 Å². The van der Waals surface area contributed by atoms with E-state index in [0.717, 1.165) is 57.1 Å². The molecule has 0 unspecified atom stereocenters. The number of hydrogen-bond acceptors (Lipinski definition) is 6. The van der Waals surface area contributed by atoms with Crippen molar-refractivity contribution in [3.05, 3.63) is 192 Å². The van der Waals surface area contributed by atoms with Gasteiger partial charge in [0.2, 0.25) is 0 Å².